The van der Waals surface area contributed by atoms with E-state index in [1.165, 1.54) is 0 Å². The van der Waals surface area contributed by atoms with Gasteiger partial charge in [-0.15, -0.1) is 0 Å². The van der Waals surface area contributed by atoms with Crippen LogP contribution in [0.2, 0.25) is 0 Å². The van der Waals surface area contributed by atoms with Crippen LogP contribution in [0.4, 0.5) is 5.69 Å². The molecule has 2 heterocycles. The average molecular weight is 440 g/mol. The van der Waals surface area contributed by atoms with Gasteiger partial charge in [0.05, 0.1) is 12.6 Å². The minimum absolute atomic E-state index is 0.0200. The number of amides is 2. The number of ether oxygens (including phenoxy) is 3. The highest BCUT2D eigenvalue weighted by Gasteiger charge is 2.41. The zero-order valence-corrected chi connectivity index (χ0v) is 17.8. The first kappa shape index (κ1) is 22.3. The Hall–Kier alpha value is -2.94. The maximum atomic E-state index is 12.6. The molecule has 0 saturated carbocycles. The Bertz CT molecular complexity index is 898. The van der Waals surface area contributed by atoms with Crippen LogP contribution < -0.4 is 10.1 Å². The molecule has 2 aliphatic heterocycles. The van der Waals surface area contributed by atoms with Gasteiger partial charge in [-0.3, -0.25) is 9.59 Å². The van der Waals surface area contributed by atoms with Gasteiger partial charge in [-0.1, -0.05) is 30.3 Å². The number of benzene rings is 2. The second-order valence-electron chi connectivity index (χ2n) is 7.90. The highest BCUT2D eigenvalue weighted by Crippen LogP contribution is 2.33. The summed E-state index contributed by atoms with van der Waals surface area (Å²) in [5.41, 5.74) is 1.47. The monoisotopic (exact) mass is 440 g/mol. The molecule has 8 heteroatoms. The molecule has 0 aliphatic carbocycles. The fraction of sp³-hybridized carbons (Fsp3) is 0.417. The number of nitrogens with zero attached hydrogens (tertiary/aromatic N) is 1. The molecule has 4 rings (SSSR count). The molecule has 2 aromatic rings. The lowest BCUT2D eigenvalue weighted by atomic mass is 9.95. The second kappa shape index (κ2) is 10.6. The second-order valence-corrected chi connectivity index (χ2v) is 7.90. The van der Waals surface area contributed by atoms with Crippen molar-refractivity contribution in [2.45, 2.75) is 31.0 Å². The smallest absolute Gasteiger partial charge is 0.262 e. The van der Waals surface area contributed by atoms with Crippen LogP contribution in [0.15, 0.2) is 54.6 Å². The van der Waals surface area contributed by atoms with E-state index in [9.17, 15) is 14.7 Å². The van der Waals surface area contributed by atoms with E-state index < -0.39 is 12.1 Å². The van der Waals surface area contributed by atoms with Gasteiger partial charge in [0, 0.05) is 24.9 Å². The fourth-order valence-corrected chi connectivity index (χ4v) is 4.24. The van der Waals surface area contributed by atoms with Crippen molar-refractivity contribution in [3.63, 3.8) is 0 Å². The lowest BCUT2D eigenvalue weighted by molar-refractivity contribution is -0.168. The number of para-hydroxylation sites is 1. The number of hydrogen-bond donors (Lipinski definition) is 2. The largest absolute Gasteiger partial charge is 0.484 e. The molecule has 2 fully saturated rings. The van der Waals surface area contributed by atoms with E-state index in [-0.39, 0.29) is 37.7 Å². The molecule has 0 aromatic heterocycles. The predicted octanol–water partition coefficient (Wildman–Crippen LogP) is 2.14. The third kappa shape index (κ3) is 5.27. The highest BCUT2D eigenvalue weighted by atomic mass is 16.5. The molecule has 2 aromatic carbocycles. The normalized spacial score (nSPS) is 21.9. The van der Waals surface area contributed by atoms with Gasteiger partial charge in [-0.2, -0.15) is 0 Å². The summed E-state index contributed by atoms with van der Waals surface area (Å²) < 4.78 is 16.7. The Morgan fingerprint density at radius 2 is 1.81 bits per heavy atom. The van der Waals surface area contributed by atoms with E-state index in [0.717, 1.165) is 18.4 Å². The minimum atomic E-state index is -0.459. The molecule has 2 N–H and O–H groups in total. The molecule has 2 amide bonds. The molecule has 2 aliphatic rings. The molecular weight excluding hydrogens is 412 g/mol. The van der Waals surface area contributed by atoms with Crippen LogP contribution in [-0.2, 0) is 19.1 Å². The third-order valence-corrected chi connectivity index (χ3v) is 5.79. The van der Waals surface area contributed by atoms with Gasteiger partial charge in [-0.25, -0.2) is 0 Å². The molecule has 0 radical (unpaired) electrons. The zero-order chi connectivity index (χ0) is 22.3. The van der Waals surface area contributed by atoms with Crippen molar-refractivity contribution in [2.75, 3.05) is 38.4 Å². The number of carbonyl (C=O) groups excluding carboxylic acids is 2. The first-order valence-electron chi connectivity index (χ1n) is 10.8. The van der Waals surface area contributed by atoms with E-state index in [0.29, 0.717) is 24.7 Å². The van der Waals surface area contributed by atoms with Gasteiger partial charge in [0.2, 0.25) is 5.91 Å². The first-order valence-corrected chi connectivity index (χ1v) is 10.8. The van der Waals surface area contributed by atoms with Gasteiger partial charge >= 0.3 is 0 Å². The first-order chi connectivity index (χ1) is 15.7. The number of anilines is 1. The van der Waals surface area contributed by atoms with Crippen molar-refractivity contribution in [2.24, 2.45) is 0 Å². The van der Waals surface area contributed by atoms with Crippen LogP contribution in [0.25, 0.3) is 0 Å². The summed E-state index contributed by atoms with van der Waals surface area (Å²) in [6.45, 7) is 0.921. The van der Waals surface area contributed by atoms with Gasteiger partial charge in [-0.05, 0) is 42.7 Å². The summed E-state index contributed by atoms with van der Waals surface area (Å²) in [6, 6.07) is 16.0. The number of rotatable bonds is 7. The third-order valence-electron chi connectivity index (χ3n) is 5.79. The zero-order valence-electron chi connectivity index (χ0n) is 17.8. The van der Waals surface area contributed by atoms with Crippen LogP contribution in [0.1, 0.15) is 24.5 Å². The molecule has 8 nitrogen and oxygen atoms in total. The fourth-order valence-electron chi connectivity index (χ4n) is 4.24. The summed E-state index contributed by atoms with van der Waals surface area (Å²) >= 11 is 0. The Morgan fingerprint density at radius 3 is 2.50 bits per heavy atom. The molecule has 0 spiro atoms. The molecule has 170 valence electrons. The van der Waals surface area contributed by atoms with Gasteiger partial charge < -0.3 is 29.5 Å². The number of aliphatic hydroxyl groups is 1. The predicted molar refractivity (Wildman–Crippen MR) is 117 cm³/mol. The Kier molecular flexibility index (Phi) is 7.36. The SMILES string of the molecule is O=C(COc1ccccc1)Nc1ccc([C@H]2OCC(=O)N(C3CCOCC3)[C@@H]2CO)cc1. The number of aliphatic hydroxyl groups excluding tert-OH is 1. The Labute approximate surface area is 187 Å². The summed E-state index contributed by atoms with van der Waals surface area (Å²) in [7, 11) is 0. The van der Waals surface area contributed by atoms with Crippen molar-refractivity contribution >= 4 is 17.5 Å². The van der Waals surface area contributed by atoms with Crippen molar-refractivity contribution in [3.05, 3.63) is 60.2 Å². The van der Waals surface area contributed by atoms with Crippen molar-refractivity contribution in [3.8, 4) is 5.75 Å². The molecule has 2 saturated heterocycles. The molecular formula is C24H28N2O6. The van der Waals surface area contributed by atoms with E-state index in [1.54, 1.807) is 29.2 Å². The van der Waals surface area contributed by atoms with E-state index in [2.05, 4.69) is 5.32 Å². The quantitative estimate of drug-likeness (QED) is 0.685. The van der Waals surface area contributed by atoms with Gasteiger partial charge in [0.1, 0.15) is 18.5 Å². The average Bonchev–Trinajstić information content (AvgIpc) is 2.84. The lowest BCUT2D eigenvalue weighted by Gasteiger charge is -2.45. The molecule has 2 atom stereocenters. The van der Waals surface area contributed by atoms with Crippen molar-refractivity contribution in [1.29, 1.82) is 0 Å². The topological polar surface area (TPSA) is 97.3 Å². The minimum Gasteiger partial charge on any atom is -0.484 e. The van der Waals surface area contributed by atoms with E-state index in [1.807, 2.05) is 30.3 Å². The highest BCUT2D eigenvalue weighted by molar-refractivity contribution is 5.91. The number of nitrogens with one attached hydrogen (secondary N) is 1. The van der Waals surface area contributed by atoms with Gasteiger partial charge in [0.15, 0.2) is 6.61 Å². The van der Waals surface area contributed by atoms with Crippen molar-refractivity contribution in [1.82, 2.24) is 4.90 Å². The molecule has 0 unspecified atom stereocenters. The number of carbonyl (C=O) groups is 2. The maximum absolute atomic E-state index is 12.6. The summed E-state index contributed by atoms with van der Waals surface area (Å²) in [4.78, 5) is 26.5. The van der Waals surface area contributed by atoms with Crippen molar-refractivity contribution < 1.29 is 28.9 Å². The number of morpholine rings is 1. The van der Waals surface area contributed by atoms with Crippen LogP contribution in [0.5, 0.6) is 5.75 Å². The van der Waals surface area contributed by atoms with Crippen LogP contribution in [0.3, 0.4) is 0 Å². The summed E-state index contributed by atoms with van der Waals surface area (Å²) in [5, 5.41) is 12.9. The van der Waals surface area contributed by atoms with Gasteiger partial charge in [0.25, 0.3) is 5.91 Å². The van der Waals surface area contributed by atoms with E-state index in [4.69, 9.17) is 14.2 Å². The lowest BCUT2D eigenvalue weighted by Crippen LogP contribution is -2.57. The van der Waals surface area contributed by atoms with E-state index >= 15 is 0 Å². The molecule has 32 heavy (non-hydrogen) atoms. The standard InChI is InChI=1S/C24H28N2O6/c27-14-21-24(32-16-23(29)26(21)19-10-12-30-13-11-19)17-6-8-18(9-7-17)25-22(28)15-31-20-4-2-1-3-5-20/h1-9,19,21,24,27H,10-16H2,(H,25,28)/t21-,24-/m1/s1. The maximum Gasteiger partial charge on any atom is 0.262 e. The molecule has 0 bridgehead atoms. The Balaban J connectivity index is 1.38. The van der Waals surface area contributed by atoms with Crippen LogP contribution >= 0.6 is 0 Å². The number of hydrogen-bond acceptors (Lipinski definition) is 6. The van der Waals surface area contributed by atoms with Crippen LogP contribution in [0, 0.1) is 0 Å². The van der Waals surface area contributed by atoms with Crippen LogP contribution in [-0.4, -0.2) is 66.9 Å². The summed E-state index contributed by atoms with van der Waals surface area (Å²) in [5.74, 6) is 0.265. The Morgan fingerprint density at radius 1 is 1.09 bits per heavy atom. The summed E-state index contributed by atoms with van der Waals surface area (Å²) in [6.07, 6.45) is 1.07.